The van der Waals surface area contributed by atoms with E-state index in [4.69, 9.17) is 0 Å². The first-order chi connectivity index (χ1) is 6.58. The lowest BCUT2D eigenvalue weighted by molar-refractivity contribution is -0.118. The van der Waals surface area contributed by atoms with E-state index in [2.05, 4.69) is 36.9 Å². The standard InChI is InChI=1S/C10H15BrN2O/c1-13(2)8-10(5-3-6-10)12-9(14)4-7-11/h3,5-6,8H2,1-2H3,(H,12,14). The number of likely N-dealkylation sites (N-methyl/N-ethyl adjacent to an activating group) is 1. The predicted octanol–water partition coefficient (Wildman–Crippen LogP) is 0.943. The summed E-state index contributed by atoms with van der Waals surface area (Å²) in [6.45, 7) is 0.892. The van der Waals surface area contributed by atoms with Crippen LogP contribution in [0.25, 0.3) is 0 Å². The monoisotopic (exact) mass is 258 g/mol. The van der Waals surface area contributed by atoms with Crippen molar-refractivity contribution < 1.29 is 4.79 Å². The third-order valence-corrected chi connectivity index (χ3v) is 2.67. The summed E-state index contributed by atoms with van der Waals surface area (Å²) in [4.78, 5) is 15.8. The van der Waals surface area contributed by atoms with E-state index >= 15 is 0 Å². The number of hydrogen-bond donors (Lipinski definition) is 1. The molecule has 0 spiro atoms. The van der Waals surface area contributed by atoms with E-state index in [0.29, 0.717) is 0 Å². The number of rotatable bonds is 3. The van der Waals surface area contributed by atoms with E-state index in [0.717, 1.165) is 19.4 Å². The van der Waals surface area contributed by atoms with Gasteiger partial charge in [0.1, 0.15) is 0 Å². The molecule has 1 N–H and O–H groups in total. The lowest BCUT2D eigenvalue weighted by Crippen LogP contribution is -2.58. The molecule has 1 saturated carbocycles. The van der Waals surface area contributed by atoms with Crippen molar-refractivity contribution in [1.82, 2.24) is 10.2 Å². The molecule has 1 rings (SSSR count). The Bertz CT molecular complexity index is 274. The summed E-state index contributed by atoms with van der Waals surface area (Å²) < 4.78 is 0. The first-order valence-electron chi connectivity index (χ1n) is 4.66. The van der Waals surface area contributed by atoms with Crippen LogP contribution in [0.3, 0.4) is 0 Å². The SMILES string of the molecule is CN(C)CC1(NC(=O)C#CBr)CCC1. The molecule has 0 aromatic heterocycles. The van der Waals surface area contributed by atoms with Crippen LogP contribution in [0.15, 0.2) is 0 Å². The van der Waals surface area contributed by atoms with E-state index in [9.17, 15) is 4.79 Å². The minimum Gasteiger partial charge on any atom is -0.339 e. The van der Waals surface area contributed by atoms with Crippen molar-refractivity contribution in [3.05, 3.63) is 0 Å². The van der Waals surface area contributed by atoms with Crippen molar-refractivity contribution in [1.29, 1.82) is 0 Å². The summed E-state index contributed by atoms with van der Waals surface area (Å²) in [6, 6.07) is 0. The maximum atomic E-state index is 11.3. The van der Waals surface area contributed by atoms with Crippen LogP contribution in [0.4, 0.5) is 0 Å². The Hall–Kier alpha value is -0.530. The minimum atomic E-state index is -0.191. The maximum absolute atomic E-state index is 11.3. The van der Waals surface area contributed by atoms with E-state index in [-0.39, 0.29) is 11.4 Å². The van der Waals surface area contributed by atoms with Crippen LogP contribution in [0, 0.1) is 10.8 Å². The highest BCUT2D eigenvalue weighted by Crippen LogP contribution is 2.32. The number of carbonyl (C=O) groups is 1. The second-order valence-corrected chi connectivity index (χ2v) is 4.44. The van der Waals surface area contributed by atoms with Gasteiger partial charge < -0.3 is 10.2 Å². The molecule has 0 bridgehead atoms. The summed E-state index contributed by atoms with van der Waals surface area (Å²) in [6.07, 6.45) is 3.30. The van der Waals surface area contributed by atoms with Crippen molar-refractivity contribution in [3.63, 3.8) is 0 Å². The Morgan fingerprint density at radius 3 is 2.57 bits per heavy atom. The Labute approximate surface area is 93.4 Å². The molecule has 0 unspecified atom stereocenters. The van der Waals surface area contributed by atoms with Gasteiger partial charge in [0.15, 0.2) is 0 Å². The van der Waals surface area contributed by atoms with Gasteiger partial charge in [0.2, 0.25) is 0 Å². The van der Waals surface area contributed by atoms with Gasteiger partial charge in [-0.15, -0.1) is 0 Å². The highest BCUT2D eigenvalue weighted by molar-refractivity contribution is 9.12. The highest BCUT2D eigenvalue weighted by atomic mass is 79.9. The van der Waals surface area contributed by atoms with Crippen LogP contribution >= 0.6 is 15.9 Å². The van der Waals surface area contributed by atoms with Crippen LogP contribution < -0.4 is 5.32 Å². The quantitative estimate of drug-likeness (QED) is 0.765. The second-order valence-electron chi connectivity index (χ2n) is 4.05. The zero-order valence-corrected chi connectivity index (χ0v) is 10.1. The maximum Gasteiger partial charge on any atom is 0.297 e. The molecular formula is C10H15BrN2O. The van der Waals surface area contributed by atoms with Gasteiger partial charge in [0, 0.05) is 28.4 Å². The molecule has 3 nitrogen and oxygen atoms in total. The average Bonchev–Trinajstić information content (AvgIpc) is 1.99. The minimum absolute atomic E-state index is 0.0303. The van der Waals surface area contributed by atoms with Gasteiger partial charge in [-0.1, -0.05) is 0 Å². The van der Waals surface area contributed by atoms with Crippen molar-refractivity contribution in [3.8, 4) is 10.8 Å². The Balaban J connectivity index is 2.52. The summed E-state index contributed by atoms with van der Waals surface area (Å²) in [5, 5.41) is 2.98. The Kier molecular flexibility index (Phi) is 3.97. The summed E-state index contributed by atoms with van der Waals surface area (Å²) in [5.41, 5.74) is -0.0303. The molecule has 1 fully saturated rings. The van der Waals surface area contributed by atoms with Gasteiger partial charge in [0.05, 0.1) is 5.54 Å². The van der Waals surface area contributed by atoms with Crippen LogP contribution in [-0.4, -0.2) is 37.0 Å². The second kappa shape index (κ2) is 4.81. The summed E-state index contributed by atoms with van der Waals surface area (Å²) >= 11 is 2.92. The fraction of sp³-hybridized carbons (Fsp3) is 0.700. The number of halogens is 1. The molecule has 0 heterocycles. The highest BCUT2D eigenvalue weighted by Gasteiger charge is 2.38. The number of nitrogens with one attached hydrogen (secondary N) is 1. The van der Waals surface area contributed by atoms with Gasteiger partial charge in [-0.2, -0.15) is 0 Å². The normalized spacial score (nSPS) is 18.0. The third kappa shape index (κ3) is 3.00. The van der Waals surface area contributed by atoms with E-state index in [1.165, 1.54) is 6.42 Å². The molecule has 4 heteroatoms. The first kappa shape index (κ1) is 11.5. The molecule has 0 aromatic carbocycles. The molecule has 0 atom stereocenters. The first-order valence-corrected chi connectivity index (χ1v) is 5.46. The van der Waals surface area contributed by atoms with Crippen LogP contribution in [-0.2, 0) is 4.79 Å². The Morgan fingerprint density at radius 2 is 2.21 bits per heavy atom. The topological polar surface area (TPSA) is 32.3 Å². The van der Waals surface area contributed by atoms with Crippen molar-refractivity contribution in [2.75, 3.05) is 20.6 Å². The number of hydrogen-bond acceptors (Lipinski definition) is 2. The number of carbonyl (C=O) groups excluding carboxylic acids is 1. The zero-order valence-electron chi connectivity index (χ0n) is 8.56. The fourth-order valence-electron chi connectivity index (χ4n) is 1.85. The smallest absolute Gasteiger partial charge is 0.297 e. The summed E-state index contributed by atoms with van der Waals surface area (Å²) in [5.74, 6) is 2.25. The average molecular weight is 259 g/mol. The number of nitrogens with zero attached hydrogens (tertiary/aromatic N) is 1. The largest absolute Gasteiger partial charge is 0.339 e. The summed E-state index contributed by atoms with van der Waals surface area (Å²) in [7, 11) is 4.03. The van der Waals surface area contributed by atoms with Gasteiger partial charge >= 0.3 is 0 Å². The predicted molar refractivity (Wildman–Crippen MR) is 60.0 cm³/mol. The van der Waals surface area contributed by atoms with Gasteiger partial charge in [-0.3, -0.25) is 4.79 Å². The molecule has 1 aliphatic carbocycles. The molecule has 1 aliphatic rings. The molecular weight excluding hydrogens is 244 g/mol. The fourth-order valence-corrected chi connectivity index (χ4v) is 2.03. The molecule has 0 aliphatic heterocycles. The van der Waals surface area contributed by atoms with Gasteiger partial charge in [0.25, 0.3) is 5.91 Å². The lowest BCUT2D eigenvalue weighted by Gasteiger charge is -2.43. The molecule has 0 aromatic rings. The molecule has 0 radical (unpaired) electrons. The molecule has 14 heavy (non-hydrogen) atoms. The van der Waals surface area contributed by atoms with Crippen molar-refractivity contribution in [2.24, 2.45) is 0 Å². The molecule has 1 amide bonds. The Morgan fingerprint density at radius 1 is 1.57 bits per heavy atom. The molecule has 78 valence electrons. The van der Waals surface area contributed by atoms with Crippen LogP contribution in [0.5, 0.6) is 0 Å². The molecule has 0 saturated heterocycles. The van der Waals surface area contributed by atoms with Gasteiger partial charge in [-0.25, -0.2) is 0 Å². The van der Waals surface area contributed by atoms with Gasteiger partial charge in [-0.05, 0) is 38.2 Å². The van der Waals surface area contributed by atoms with Crippen molar-refractivity contribution in [2.45, 2.75) is 24.8 Å². The van der Waals surface area contributed by atoms with E-state index in [1.807, 2.05) is 14.1 Å². The van der Waals surface area contributed by atoms with Crippen molar-refractivity contribution >= 4 is 21.8 Å². The van der Waals surface area contributed by atoms with Crippen LogP contribution in [0.2, 0.25) is 0 Å². The zero-order chi connectivity index (χ0) is 10.6. The van der Waals surface area contributed by atoms with E-state index in [1.54, 1.807) is 0 Å². The lowest BCUT2D eigenvalue weighted by atomic mass is 9.76. The van der Waals surface area contributed by atoms with Crippen LogP contribution in [0.1, 0.15) is 19.3 Å². The third-order valence-electron chi connectivity index (χ3n) is 2.47. The van der Waals surface area contributed by atoms with E-state index < -0.39 is 0 Å². The number of amides is 1.